The van der Waals surface area contributed by atoms with Crippen molar-refractivity contribution < 1.29 is 18.0 Å². The second kappa shape index (κ2) is 10.4. The van der Waals surface area contributed by atoms with Crippen LogP contribution >= 0.6 is 0 Å². The molecular weight excluding hydrogens is 426 g/mol. The summed E-state index contributed by atoms with van der Waals surface area (Å²) in [5.41, 5.74) is 2.39. The Bertz CT molecular complexity index is 1230. The van der Waals surface area contributed by atoms with Gasteiger partial charge in [-0.05, 0) is 47.4 Å². The van der Waals surface area contributed by atoms with E-state index in [2.05, 4.69) is 15.4 Å². The van der Waals surface area contributed by atoms with Gasteiger partial charge in [0, 0.05) is 13.1 Å². The molecule has 3 aromatic carbocycles. The molecule has 0 unspecified atom stereocenters. The second-order valence-electron chi connectivity index (χ2n) is 7.61. The molecule has 0 saturated heterocycles. The summed E-state index contributed by atoms with van der Waals surface area (Å²) in [6.07, 6.45) is 0.171. The van der Waals surface area contributed by atoms with E-state index in [1.807, 2.05) is 55.5 Å². The molecule has 32 heavy (non-hydrogen) atoms. The average Bonchev–Trinajstić information content (AvgIpc) is 2.77. The van der Waals surface area contributed by atoms with E-state index in [0.29, 0.717) is 5.56 Å². The first-order chi connectivity index (χ1) is 15.3. The number of carbonyl (C=O) groups is 2. The van der Waals surface area contributed by atoms with Gasteiger partial charge >= 0.3 is 0 Å². The van der Waals surface area contributed by atoms with Crippen LogP contribution in [0.4, 0.5) is 0 Å². The van der Waals surface area contributed by atoms with E-state index in [9.17, 15) is 18.0 Å². The Morgan fingerprint density at radius 2 is 1.59 bits per heavy atom. The topological polar surface area (TPSA) is 104 Å². The summed E-state index contributed by atoms with van der Waals surface area (Å²) in [4.78, 5) is 24.5. The van der Waals surface area contributed by atoms with Crippen LogP contribution in [0.15, 0.2) is 65.6 Å². The van der Waals surface area contributed by atoms with Crippen molar-refractivity contribution in [3.63, 3.8) is 0 Å². The molecule has 2 amide bonds. The highest BCUT2D eigenvalue weighted by Crippen LogP contribution is 2.19. The molecular formula is C24H27N3O4S. The number of benzene rings is 3. The van der Waals surface area contributed by atoms with Crippen molar-refractivity contribution in [1.82, 2.24) is 15.4 Å². The maximum Gasteiger partial charge on any atom is 0.240 e. The van der Waals surface area contributed by atoms with Crippen LogP contribution < -0.4 is 15.4 Å². The van der Waals surface area contributed by atoms with E-state index in [1.165, 1.54) is 0 Å². The number of nitrogens with one attached hydrogen (secondary N) is 3. The third kappa shape index (κ3) is 6.15. The minimum Gasteiger partial charge on any atom is -0.353 e. The van der Waals surface area contributed by atoms with Crippen molar-refractivity contribution >= 4 is 32.6 Å². The van der Waals surface area contributed by atoms with Crippen molar-refractivity contribution in [3.05, 3.63) is 77.4 Å². The van der Waals surface area contributed by atoms with E-state index in [-0.39, 0.29) is 42.8 Å². The minimum absolute atomic E-state index is 0.0470. The van der Waals surface area contributed by atoms with Crippen LogP contribution in [0.3, 0.4) is 0 Å². The largest absolute Gasteiger partial charge is 0.353 e. The van der Waals surface area contributed by atoms with Gasteiger partial charge in [-0.25, -0.2) is 13.1 Å². The van der Waals surface area contributed by atoms with Crippen LogP contribution in [0.25, 0.3) is 10.8 Å². The number of amides is 2. The van der Waals surface area contributed by atoms with Gasteiger partial charge in [-0.2, -0.15) is 0 Å². The van der Waals surface area contributed by atoms with Crippen molar-refractivity contribution in [3.8, 4) is 0 Å². The standard InChI is InChI=1S/C24H27N3O4S/c1-17-10-11-18(2)22(14-17)32(30,31)27-13-12-25-24(29)16-26-23(28)15-20-8-5-7-19-6-3-4-9-21(19)20/h3-11,14,27H,12-13,15-16H2,1-2H3,(H,25,29)(H,26,28). The first-order valence-corrected chi connectivity index (χ1v) is 11.8. The number of carbonyl (C=O) groups excluding carboxylic acids is 2. The van der Waals surface area contributed by atoms with Crippen molar-refractivity contribution in [1.29, 1.82) is 0 Å². The van der Waals surface area contributed by atoms with Crippen molar-refractivity contribution in [2.75, 3.05) is 19.6 Å². The van der Waals surface area contributed by atoms with Gasteiger partial charge < -0.3 is 10.6 Å². The highest BCUT2D eigenvalue weighted by atomic mass is 32.2. The average molecular weight is 454 g/mol. The molecule has 3 rings (SSSR count). The molecule has 0 aromatic heterocycles. The minimum atomic E-state index is -3.66. The molecule has 7 nitrogen and oxygen atoms in total. The molecule has 0 bridgehead atoms. The fourth-order valence-electron chi connectivity index (χ4n) is 3.39. The Labute approximate surface area is 188 Å². The quantitative estimate of drug-likeness (QED) is 0.432. The maximum absolute atomic E-state index is 12.5. The Morgan fingerprint density at radius 1 is 0.844 bits per heavy atom. The lowest BCUT2D eigenvalue weighted by Crippen LogP contribution is -2.40. The summed E-state index contributed by atoms with van der Waals surface area (Å²) < 4.78 is 27.4. The van der Waals surface area contributed by atoms with Crippen LogP contribution in [0.2, 0.25) is 0 Å². The molecule has 3 aromatic rings. The number of fused-ring (bicyclic) bond motifs is 1. The maximum atomic E-state index is 12.5. The number of hydrogen-bond donors (Lipinski definition) is 3. The summed E-state index contributed by atoms with van der Waals surface area (Å²) in [7, 11) is -3.66. The molecule has 3 N–H and O–H groups in total. The summed E-state index contributed by atoms with van der Waals surface area (Å²) in [5, 5.41) is 7.26. The first-order valence-electron chi connectivity index (χ1n) is 10.3. The van der Waals surface area contributed by atoms with Crippen molar-refractivity contribution in [2.24, 2.45) is 0 Å². The molecule has 0 heterocycles. The van der Waals surface area contributed by atoms with Gasteiger partial charge in [0.2, 0.25) is 21.8 Å². The molecule has 0 aliphatic carbocycles. The Hall–Kier alpha value is -3.23. The van der Waals surface area contributed by atoms with Gasteiger partial charge in [-0.3, -0.25) is 9.59 Å². The molecule has 0 aliphatic heterocycles. The monoisotopic (exact) mass is 453 g/mol. The summed E-state index contributed by atoms with van der Waals surface area (Å²) in [6, 6.07) is 18.8. The summed E-state index contributed by atoms with van der Waals surface area (Å²) in [5.74, 6) is -0.644. The zero-order chi connectivity index (χ0) is 23.1. The predicted molar refractivity (Wildman–Crippen MR) is 125 cm³/mol. The van der Waals surface area contributed by atoms with Crippen LogP contribution in [-0.4, -0.2) is 39.9 Å². The van der Waals surface area contributed by atoms with E-state index < -0.39 is 10.0 Å². The van der Waals surface area contributed by atoms with Gasteiger partial charge in [0.25, 0.3) is 0 Å². The zero-order valence-electron chi connectivity index (χ0n) is 18.1. The van der Waals surface area contributed by atoms with Gasteiger partial charge in [0.1, 0.15) is 0 Å². The molecule has 0 aliphatic rings. The highest BCUT2D eigenvalue weighted by molar-refractivity contribution is 7.89. The van der Waals surface area contributed by atoms with Crippen LogP contribution in [-0.2, 0) is 26.0 Å². The van der Waals surface area contributed by atoms with Crippen LogP contribution in [0, 0.1) is 13.8 Å². The molecule has 0 fully saturated rings. The summed E-state index contributed by atoms with van der Waals surface area (Å²) >= 11 is 0. The smallest absolute Gasteiger partial charge is 0.240 e. The normalized spacial score (nSPS) is 11.3. The number of rotatable bonds is 9. The SMILES string of the molecule is Cc1ccc(C)c(S(=O)(=O)NCCNC(=O)CNC(=O)Cc2cccc3ccccc23)c1. The fraction of sp³-hybridized carbons (Fsp3) is 0.250. The molecule has 168 valence electrons. The Kier molecular flexibility index (Phi) is 7.61. The van der Waals surface area contributed by atoms with Gasteiger partial charge in [-0.15, -0.1) is 0 Å². The van der Waals surface area contributed by atoms with E-state index >= 15 is 0 Å². The van der Waals surface area contributed by atoms with Gasteiger partial charge in [0.15, 0.2) is 0 Å². The van der Waals surface area contributed by atoms with Gasteiger partial charge in [0.05, 0.1) is 17.9 Å². The second-order valence-corrected chi connectivity index (χ2v) is 9.34. The molecule has 0 radical (unpaired) electrons. The van der Waals surface area contributed by atoms with Crippen LogP contribution in [0.1, 0.15) is 16.7 Å². The lowest BCUT2D eigenvalue weighted by Gasteiger charge is -2.11. The third-order valence-corrected chi connectivity index (χ3v) is 6.65. The number of aryl methyl sites for hydroxylation is 2. The highest BCUT2D eigenvalue weighted by Gasteiger charge is 2.16. The zero-order valence-corrected chi connectivity index (χ0v) is 19.0. The van der Waals surface area contributed by atoms with E-state index in [1.54, 1.807) is 19.1 Å². The number of hydrogen-bond acceptors (Lipinski definition) is 4. The lowest BCUT2D eigenvalue weighted by atomic mass is 10.0. The van der Waals surface area contributed by atoms with Gasteiger partial charge in [-0.1, -0.05) is 54.6 Å². The number of sulfonamides is 1. The van der Waals surface area contributed by atoms with Crippen LogP contribution in [0.5, 0.6) is 0 Å². The fourth-order valence-corrected chi connectivity index (χ4v) is 4.74. The predicted octanol–water partition coefficient (Wildman–Crippen LogP) is 2.21. The Balaban J connectivity index is 1.42. The molecule has 0 saturated carbocycles. The van der Waals surface area contributed by atoms with E-state index in [4.69, 9.17) is 0 Å². The van der Waals surface area contributed by atoms with E-state index in [0.717, 1.165) is 21.9 Å². The molecule has 0 spiro atoms. The summed E-state index contributed by atoms with van der Waals surface area (Å²) in [6.45, 7) is 3.55. The Morgan fingerprint density at radius 3 is 2.41 bits per heavy atom. The molecule has 8 heteroatoms. The first kappa shape index (κ1) is 23.4. The third-order valence-electron chi connectivity index (χ3n) is 5.05. The van der Waals surface area contributed by atoms with Crippen molar-refractivity contribution in [2.45, 2.75) is 25.2 Å². The lowest BCUT2D eigenvalue weighted by molar-refractivity contribution is -0.125. The molecule has 0 atom stereocenters.